The Labute approximate surface area is 267 Å². The van der Waals surface area contributed by atoms with Crippen molar-refractivity contribution in [1.29, 1.82) is 0 Å². The molecule has 1 aromatic heterocycles. The number of esters is 1. The van der Waals surface area contributed by atoms with E-state index in [4.69, 9.17) is 25.4 Å². The van der Waals surface area contributed by atoms with Crippen LogP contribution in [0.5, 0.6) is 11.5 Å². The normalized spacial score (nSPS) is 22.5. The number of nitrogens with two attached hydrogens (primary N) is 2. The van der Waals surface area contributed by atoms with Crippen molar-refractivity contribution in [3.63, 3.8) is 0 Å². The highest BCUT2D eigenvalue weighted by Gasteiger charge is 2.46. The van der Waals surface area contributed by atoms with Gasteiger partial charge < -0.3 is 51.5 Å². The Morgan fingerprint density at radius 3 is 2.80 bits per heavy atom. The molecule has 3 aliphatic rings. The highest BCUT2D eigenvalue weighted by molar-refractivity contribution is 5.91. The first kappa shape index (κ1) is 32.9. The van der Waals surface area contributed by atoms with Crippen LogP contribution in [0.25, 0.3) is 11.0 Å². The predicted octanol–water partition coefficient (Wildman–Crippen LogP) is 2.13. The highest BCUT2D eigenvalue weighted by Crippen LogP contribution is 2.48. The number of hydrogen-bond donors (Lipinski definition) is 7. The molecule has 2 aromatic rings. The number of phenols is 1. The van der Waals surface area contributed by atoms with Gasteiger partial charge in [0, 0.05) is 48.4 Å². The Balaban J connectivity index is 1.63. The molecule has 3 atom stereocenters. The lowest BCUT2D eigenvalue weighted by Crippen LogP contribution is -2.51. The van der Waals surface area contributed by atoms with E-state index in [0.29, 0.717) is 60.6 Å². The number of aliphatic hydroxyl groups excluding tert-OH is 1. The van der Waals surface area contributed by atoms with Crippen molar-refractivity contribution in [2.75, 3.05) is 20.1 Å². The summed E-state index contributed by atoms with van der Waals surface area (Å²) in [4.78, 5) is 26.8. The Kier molecular flexibility index (Phi) is 9.90. The summed E-state index contributed by atoms with van der Waals surface area (Å²) >= 11 is 0. The minimum absolute atomic E-state index is 0.0298. The van der Waals surface area contributed by atoms with Crippen LogP contribution in [0.15, 0.2) is 74.4 Å². The zero-order valence-corrected chi connectivity index (χ0v) is 26.4. The fourth-order valence-corrected chi connectivity index (χ4v) is 6.00. The van der Waals surface area contributed by atoms with Crippen molar-refractivity contribution in [1.82, 2.24) is 16.0 Å². The van der Waals surface area contributed by atoms with Crippen LogP contribution in [0.4, 0.5) is 0 Å². The molecule has 0 fully saturated rings. The Morgan fingerprint density at radius 1 is 1.33 bits per heavy atom. The number of fused-ring (bicyclic) bond motifs is 2. The van der Waals surface area contributed by atoms with Gasteiger partial charge in [0.2, 0.25) is 0 Å². The van der Waals surface area contributed by atoms with E-state index in [-0.39, 0.29) is 41.5 Å². The lowest BCUT2D eigenvalue weighted by atomic mass is 9.82. The largest absolute Gasteiger partial charge is 0.507 e. The van der Waals surface area contributed by atoms with Gasteiger partial charge in [0.15, 0.2) is 5.43 Å². The Hall–Kier alpha value is -4.52. The van der Waals surface area contributed by atoms with Crippen LogP contribution in [0, 0.1) is 0 Å². The van der Waals surface area contributed by atoms with Gasteiger partial charge in [0.1, 0.15) is 46.5 Å². The third-order valence-electron chi connectivity index (χ3n) is 8.69. The molecule has 0 amide bonds. The van der Waals surface area contributed by atoms with Crippen LogP contribution >= 0.6 is 0 Å². The van der Waals surface area contributed by atoms with Crippen molar-refractivity contribution < 1.29 is 28.9 Å². The van der Waals surface area contributed by atoms with Crippen molar-refractivity contribution in [2.45, 2.75) is 70.4 Å². The molecule has 1 aromatic carbocycles. The summed E-state index contributed by atoms with van der Waals surface area (Å²) in [5.74, 6) is 0.115. The number of rotatable bonds is 11. The number of hydrogen-bond acceptors (Lipinski definition) is 12. The first-order valence-corrected chi connectivity index (χ1v) is 15.5. The second-order valence-corrected chi connectivity index (χ2v) is 12.0. The van der Waals surface area contributed by atoms with E-state index in [0.717, 1.165) is 17.2 Å². The highest BCUT2D eigenvalue weighted by atomic mass is 16.6. The zero-order valence-electron chi connectivity index (χ0n) is 26.4. The third kappa shape index (κ3) is 6.84. The summed E-state index contributed by atoms with van der Waals surface area (Å²) in [6.07, 6.45) is 11.9. The number of benzene rings is 1. The maximum atomic E-state index is 13.5. The van der Waals surface area contributed by atoms with E-state index in [1.165, 1.54) is 0 Å². The number of allylic oxidation sites excluding steroid dienone is 5. The first-order valence-electron chi connectivity index (χ1n) is 15.5. The van der Waals surface area contributed by atoms with Crippen LogP contribution in [-0.4, -0.2) is 54.2 Å². The predicted molar refractivity (Wildman–Crippen MR) is 175 cm³/mol. The SMILES string of the molecule is C/C=C(/CCNC)C(=O)O[C@@H]1Cc2c(c(CC3=CCNC(N)=C3)c3oc(CO)cc(=O)c3c2O)O[C@@]1(C)CCC1=CNC(N)C=C1. The fourth-order valence-electron chi connectivity index (χ4n) is 6.00. The molecular formula is C34H43N5O7. The summed E-state index contributed by atoms with van der Waals surface area (Å²) in [5.41, 5.74) is 13.8. The number of ether oxygens (including phenoxy) is 2. The summed E-state index contributed by atoms with van der Waals surface area (Å²) in [6, 6.07) is 1.16. The number of carbonyl (C=O) groups is 1. The summed E-state index contributed by atoms with van der Waals surface area (Å²) in [6.45, 7) is 4.28. The lowest BCUT2D eigenvalue weighted by molar-refractivity contribution is -0.159. The van der Waals surface area contributed by atoms with E-state index in [9.17, 15) is 19.8 Å². The molecule has 4 heterocycles. The van der Waals surface area contributed by atoms with E-state index >= 15 is 0 Å². The second kappa shape index (κ2) is 13.9. The maximum Gasteiger partial charge on any atom is 0.334 e. The summed E-state index contributed by atoms with van der Waals surface area (Å²) in [5, 5.41) is 30.6. The van der Waals surface area contributed by atoms with E-state index < -0.39 is 29.7 Å². The van der Waals surface area contributed by atoms with Crippen LogP contribution in [0.3, 0.4) is 0 Å². The van der Waals surface area contributed by atoms with Crippen molar-refractivity contribution >= 4 is 16.9 Å². The summed E-state index contributed by atoms with van der Waals surface area (Å²) < 4.78 is 19.1. The molecular weight excluding hydrogens is 590 g/mol. The van der Waals surface area contributed by atoms with E-state index in [1.54, 1.807) is 19.1 Å². The lowest BCUT2D eigenvalue weighted by Gasteiger charge is -2.43. The van der Waals surface area contributed by atoms with Gasteiger partial charge in [-0.25, -0.2) is 4.79 Å². The fraction of sp³-hybridized carbons (Fsp3) is 0.412. The van der Waals surface area contributed by atoms with Crippen LogP contribution in [-0.2, 0) is 29.0 Å². The van der Waals surface area contributed by atoms with Crippen LogP contribution in [0.1, 0.15) is 50.0 Å². The second-order valence-electron chi connectivity index (χ2n) is 12.0. The molecule has 9 N–H and O–H groups in total. The van der Waals surface area contributed by atoms with Crippen LogP contribution < -0.4 is 37.6 Å². The van der Waals surface area contributed by atoms with Gasteiger partial charge in [0.05, 0.1) is 12.0 Å². The standard InChI is InChI=1S/C34H43N5O7/c1-4-21(9-11-37-3)33(43)45-26-16-23-30(42)29-25(41)15-22(18-40)44-32(29)24(13-20-8-12-38-28(36)14-20)31(23)46-34(26,2)10-7-19-5-6-27(35)39-17-19/h4-6,8,14-15,17,26-27,37-40,42H,7,9-13,16,18,35-36H2,1-3H3/b21-4-/t26-,27?,34+/m1/s1. The number of nitrogens with one attached hydrogen (secondary N) is 3. The molecule has 1 unspecified atom stereocenters. The molecule has 0 saturated heterocycles. The van der Waals surface area contributed by atoms with Gasteiger partial charge in [-0.05, 0) is 70.0 Å². The van der Waals surface area contributed by atoms with Gasteiger partial charge in [-0.2, -0.15) is 0 Å². The molecule has 0 saturated carbocycles. The number of carbonyl (C=O) groups excluding carboxylic acids is 1. The van der Waals surface area contributed by atoms with E-state index in [2.05, 4.69) is 16.0 Å². The number of aromatic hydroxyl groups is 1. The van der Waals surface area contributed by atoms with Crippen molar-refractivity contribution in [3.8, 4) is 11.5 Å². The van der Waals surface area contributed by atoms with Crippen LogP contribution in [0.2, 0.25) is 0 Å². The third-order valence-corrected chi connectivity index (χ3v) is 8.69. The molecule has 46 heavy (non-hydrogen) atoms. The molecule has 5 rings (SSSR count). The molecule has 12 nitrogen and oxygen atoms in total. The molecule has 0 aliphatic carbocycles. The average Bonchev–Trinajstić information content (AvgIpc) is 3.03. The number of phenolic OH excluding ortho intramolecular Hbond substituents is 1. The first-order chi connectivity index (χ1) is 22.1. The smallest absolute Gasteiger partial charge is 0.334 e. The van der Waals surface area contributed by atoms with Crippen molar-refractivity contribution in [2.24, 2.45) is 11.5 Å². The average molecular weight is 634 g/mol. The molecule has 0 bridgehead atoms. The topological polar surface area (TPSA) is 194 Å². The van der Waals surface area contributed by atoms with E-state index in [1.807, 2.05) is 38.4 Å². The molecule has 0 spiro atoms. The van der Waals surface area contributed by atoms with Gasteiger partial charge in [-0.15, -0.1) is 0 Å². The Morgan fingerprint density at radius 2 is 2.13 bits per heavy atom. The van der Waals surface area contributed by atoms with Gasteiger partial charge in [-0.1, -0.05) is 18.2 Å². The molecule has 246 valence electrons. The van der Waals surface area contributed by atoms with Gasteiger partial charge in [0.25, 0.3) is 0 Å². The molecule has 3 aliphatic heterocycles. The molecule has 12 heteroatoms. The molecule has 0 radical (unpaired) electrons. The zero-order chi connectivity index (χ0) is 33.0. The number of aliphatic hydroxyl groups is 1. The quantitative estimate of drug-likeness (QED) is 0.141. The Bertz CT molecular complexity index is 1720. The minimum Gasteiger partial charge on any atom is -0.507 e. The summed E-state index contributed by atoms with van der Waals surface area (Å²) in [7, 11) is 1.81. The van der Waals surface area contributed by atoms with Gasteiger partial charge in [-0.3, -0.25) is 4.79 Å². The minimum atomic E-state index is -1.06. The van der Waals surface area contributed by atoms with Gasteiger partial charge >= 0.3 is 5.97 Å². The monoisotopic (exact) mass is 633 g/mol. The number of dihydropyridines is 2. The van der Waals surface area contributed by atoms with Crippen molar-refractivity contribution in [3.05, 3.63) is 92.3 Å². The maximum absolute atomic E-state index is 13.5.